The molecule has 2 aromatic rings. The summed E-state index contributed by atoms with van der Waals surface area (Å²) in [5.74, 6) is 4.46. The van der Waals surface area contributed by atoms with Crippen molar-refractivity contribution in [2.75, 3.05) is 0 Å². The highest BCUT2D eigenvalue weighted by Crippen LogP contribution is 2.26. The zero-order chi connectivity index (χ0) is 10.8. The van der Waals surface area contributed by atoms with Crippen LogP contribution in [0.25, 0.3) is 11.3 Å². The van der Waals surface area contributed by atoms with Gasteiger partial charge in [-0.2, -0.15) is 0 Å². The molecule has 74 valence electrons. The second kappa shape index (κ2) is 3.67. The van der Waals surface area contributed by atoms with Gasteiger partial charge < -0.3 is 4.42 Å². The lowest BCUT2D eigenvalue weighted by atomic mass is 10.0. The number of aryl methyl sites for hydroxylation is 1. The van der Waals surface area contributed by atoms with E-state index in [4.69, 9.17) is 10.8 Å². The van der Waals surface area contributed by atoms with Crippen molar-refractivity contribution in [3.05, 3.63) is 47.2 Å². The molecule has 0 N–H and O–H groups in total. The van der Waals surface area contributed by atoms with Crippen LogP contribution in [0.3, 0.4) is 0 Å². The van der Waals surface area contributed by atoms with Crippen LogP contribution in [0.15, 0.2) is 34.7 Å². The predicted molar refractivity (Wildman–Crippen MR) is 61.6 cm³/mol. The molecule has 1 heteroatoms. The van der Waals surface area contributed by atoms with Gasteiger partial charge in [0.25, 0.3) is 0 Å². The molecule has 0 aliphatic rings. The molecule has 0 atom stereocenters. The van der Waals surface area contributed by atoms with Crippen LogP contribution in [0, 0.1) is 26.2 Å². The molecule has 0 aliphatic carbocycles. The standard InChI is InChI=1S/C14H12O/c1-4-12-6-5-7-13(11(12)3)14-9-8-10(2)15-14/h1,5-9H,2-3H3. The van der Waals surface area contributed by atoms with E-state index in [2.05, 4.69) is 5.92 Å². The number of rotatable bonds is 1. The van der Waals surface area contributed by atoms with E-state index >= 15 is 0 Å². The number of furan rings is 1. The first kappa shape index (κ1) is 9.61. The summed E-state index contributed by atoms with van der Waals surface area (Å²) in [6, 6.07) is 9.84. The molecule has 0 unspecified atom stereocenters. The van der Waals surface area contributed by atoms with Gasteiger partial charge in [-0.1, -0.05) is 18.1 Å². The van der Waals surface area contributed by atoms with Crippen LogP contribution in [0.2, 0.25) is 0 Å². The third-order valence-electron chi connectivity index (χ3n) is 2.50. The number of terminal acetylenes is 1. The molecule has 0 amide bonds. The van der Waals surface area contributed by atoms with E-state index in [0.29, 0.717) is 0 Å². The zero-order valence-corrected chi connectivity index (χ0v) is 8.87. The lowest BCUT2D eigenvalue weighted by Gasteiger charge is -2.04. The third kappa shape index (κ3) is 1.67. The summed E-state index contributed by atoms with van der Waals surface area (Å²) in [4.78, 5) is 0. The second-order valence-electron chi connectivity index (χ2n) is 3.53. The Morgan fingerprint density at radius 2 is 1.93 bits per heavy atom. The number of hydrogen-bond acceptors (Lipinski definition) is 1. The SMILES string of the molecule is C#Cc1cccc(-c2ccc(C)o2)c1C. The maximum absolute atomic E-state index is 5.58. The van der Waals surface area contributed by atoms with Gasteiger partial charge in [0.15, 0.2) is 0 Å². The van der Waals surface area contributed by atoms with Gasteiger partial charge in [-0.25, -0.2) is 0 Å². The topological polar surface area (TPSA) is 13.1 Å². The molecule has 1 aromatic heterocycles. The molecule has 0 spiro atoms. The van der Waals surface area contributed by atoms with Crippen LogP contribution in [0.1, 0.15) is 16.9 Å². The summed E-state index contributed by atoms with van der Waals surface area (Å²) in [5.41, 5.74) is 3.08. The van der Waals surface area contributed by atoms with E-state index in [1.165, 1.54) is 0 Å². The molecule has 1 nitrogen and oxygen atoms in total. The average molecular weight is 196 g/mol. The highest BCUT2D eigenvalue weighted by molar-refractivity contribution is 5.65. The predicted octanol–water partition coefficient (Wildman–Crippen LogP) is 3.54. The highest BCUT2D eigenvalue weighted by Gasteiger charge is 2.07. The van der Waals surface area contributed by atoms with Crippen molar-refractivity contribution in [1.82, 2.24) is 0 Å². The molecule has 1 aromatic carbocycles. The molecule has 0 fully saturated rings. The Balaban J connectivity index is 2.59. The maximum Gasteiger partial charge on any atom is 0.134 e. The van der Waals surface area contributed by atoms with E-state index in [9.17, 15) is 0 Å². The lowest BCUT2D eigenvalue weighted by molar-refractivity contribution is 0.548. The molecule has 0 bridgehead atoms. The summed E-state index contributed by atoms with van der Waals surface area (Å²) in [6.07, 6.45) is 5.42. The Bertz CT molecular complexity index is 527. The van der Waals surface area contributed by atoms with Crippen molar-refractivity contribution in [3.8, 4) is 23.7 Å². The van der Waals surface area contributed by atoms with Crippen molar-refractivity contribution in [1.29, 1.82) is 0 Å². The van der Waals surface area contributed by atoms with Gasteiger partial charge in [0, 0.05) is 11.1 Å². The fourth-order valence-electron chi connectivity index (χ4n) is 1.64. The Morgan fingerprint density at radius 1 is 1.13 bits per heavy atom. The Labute approximate surface area is 89.7 Å². The summed E-state index contributed by atoms with van der Waals surface area (Å²) >= 11 is 0. The Hall–Kier alpha value is -1.94. The maximum atomic E-state index is 5.58. The minimum absolute atomic E-state index is 0.877. The van der Waals surface area contributed by atoms with Gasteiger partial charge in [0.1, 0.15) is 11.5 Å². The van der Waals surface area contributed by atoms with Gasteiger partial charge in [0.2, 0.25) is 0 Å². The quantitative estimate of drug-likeness (QED) is 0.636. The van der Waals surface area contributed by atoms with E-state index in [-0.39, 0.29) is 0 Å². The van der Waals surface area contributed by atoms with E-state index in [0.717, 1.165) is 28.2 Å². The molecule has 1 heterocycles. The van der Waals surface area contributed by atoms with E-state index in [1.807, 2.05) is 44.2 Å². The van der Waals surface area contributed by atoms with Crippen LogP contribution >= 0.6 is 0 Å². The first-order chi connectivity index (χ1) is 7.22. The monoisotopic (exact) mass is 196 g/mol. The van der Waals surface area contributed by atoms with Crippen molar-refractivity contribution in [2.24, 2.45) is 0 Å². The normalized spacial score (nSPS) is 9.93. The highest BCUT2D eigenvalue weighted by atomic mass is 16.3. The molecular formula is C14H12O. The zero-order valence-electron chi connectivity index (χ0n) is 8.87. The summed E-state index contributed by atoms with van der Waals surface area (Å²) < 4.78 is 5.58. The van der Waals surface area contributed by atoms with Crippen LogP contribution < -0.4 is 0 Å². The van der Waals surface area contributed by atoms with Crippen molar-refractivity contribution < 1.29 is 4.42 Å². The van der Waals surface area contributed by atoms with Gasteiger partial charge in [-0.3, -0.25) is 0 Å². The molecule has 0 saturated carbocycles. The van der Waals surface area contributed by atoms with Crippen LogP contribution in [-0.2, 0) is 0 Å². The van der Waals surface area contributed by atoms with Gasteiger partial charge in [0.05, 0.1) is 0 Å². The third-order valence-corrected chi connectivity index (χ3v) is 2.50. The van der Waals surface area contributed by atoms with Gasteiger partial charge in [-0.15, -0.1) is 6.42 Å². The number of hydrogen-bond donors (Lipinski definition) is 0. The molecule has 2 rings (SSSR count). The van der Waals surface area contributed by atoms with E-state index in [1.54, 1.807) is 0 Å². The smallest absolute Gasteiger partial charge is 0.134 e. The van der Waals surface area contributed by atoms with E-state index < -0.39 is 0 Å². The number of benzene rings is 1. The lowest BCUT2D eigenvalue weighted by Crippen LogP contribution is -1.86. The molecule has 0 radical (unpaired) electrons. The Morgan fingerprint density at radius 3 is 2.53 bits per heavy atom. The minimum Gasteiger partial charge on any atom is -0.461 e. The van der Waals surface area contributed by atoms with Gasteiger partial charge in [-0.05, 0) is 37.6 Å². The first-order valence-electron chi connectivity index (χ1n) is 4.85. The molecule has 0 aliphatic heterocycles. The van der Waals surface area contributed by atoms with Gasteiger partial charge >= 0.3 is 0 Å². The summed E-state index contributed by atoms with van der Waals surface area (Å²) in [7, 11) is 0. The van der Waals surface area contributed by atoms with Crippen molar-refractivity contribution in [2.45, 2.75) is 13.8 Å². The second-order valence-corrected chi connectivity index (χ2v) is 3.53. The van der Waals surface area contributed by atoms with Crippen LogP contribution in [-0.4, -0.2) is 0 Å². The van der Waals surface area contributed by atoms with Crippen LogP contribution in [0.5, 0.6) is 0 Å². The largest absolute Gasteiger partial charge is 0.461 e. The Kier molecular flexibility index (Phi) is 2.35. The molecule has 0 saturated heterocycles. The van der Waals surface area contributed by atoms with Crippen molar-refractivity contribution >= 4 is 0 Å². The van der Waals surface area contributed by atoms with Crippen molar-refractivity contribution in [3.63, 3.8) is 0 Å². The summed E-state index contributed by atoms with van der Waals surface area (Å²) in [5, 5.41) is 0. The fraction of sp³-hybridized carbons (Fsp3) is 0.143. The molecular weight excluding hydrogens is 184 g/mol. The minimum atomic E-state index is 0.877. The average Bonchev–Trinajstić information content (AvgIpc) is 2.65. The first-order valence-corrected chi connectivity index (χ1v) is 4.85. The van der Waals surface area contributed by atoms with Crippen LogP contribution in [0.4, 0.5) is 0 Å². The fourth-order valence-corrected chi connectivity index (χ4v) is 1.64. The summed E-state index contributed by atoms with van der Waals surface area (Å²) in [6.45, 7) is 3.95. The molecule has 15 heavy (non-hydrogen) atoms.